The molecule has 2 aromatic rings. The molecule has 0 bridgehead atoms. The lowest BCUT2D eigenvalue weighted by molar-refractivity contribution is 0.191. The largest absolute Gasteiger partial charge is 0.396 e. The highest BCUT2D eigenvalue weighted by atomic mass is 19.1. The minimum absolute atomic E-state index is 0.0491. The van der Waals surface area contributed by atoms with Crippen LogP contribution >= 0.6 is 0 Å². The topological polar surface area (TPSA) is 58.3 Å². The van der Waals surface area contributed by atoms with Crippen molar-refractivity contribution in [2.45, 2.75) is 20.0 Å². The Labute approximate surface area is 118 Å². The molecule has 2 aromatic carbocycles. The number of hydrogen-bond acceptors (Lipinski definition) is 3. The lowest BCUT2D eigenvalue weighted by Crippen LogP contribution is -2.13. The van der Waals surface area contributed by atoms with Gasteiger partial charge in [0, 0.05) is 12.2 Å². The fourth-order valence-electron chi connectivity index (χ4n) is 2.11. The molecule has 20 heavy (non-hydrogen) atoms. The highest BCUT2D eigenvalue weighted by Crippen LogP contribution is 2.21. The van der Waals surface area contributed by atoms with Gasteiger partial charge >= 0.3 is 0 Å². The van der Waals surface area contributed by atoms with Crippen LogP contribution in [0, 0.1) is 19.7 Å². The van der Waals surface area contributed by atoms with Crippen LogP contribution in [0.1, 0.15) is 22.8 Å². The summed E-state index contributed by atoms with van der Waals surface area (Å²) in [6.45, 7) is 4.39. The molecule has 0 aliphatic heterocycles. The zero-order valence-electron chi connectivity index (χ0n) is 11.7. The highest BCUT2D eigenvalue weighted by Gasteiger charge is 2.10. The first-order chi connectivity index (χ1) is 9.47. The van der Waals surface area contributed by atoms with Crippen molar-refractivity contribution in [3.8, 4) is 0 Å². The average molecular weight is 274 g/mol. The third kappa shape index (κ3) is 3.27. The van der Waals surface area contributed by atoms with E-state index in [1.54, 1.807) is 6.07 Å². The Morgan fingerprint density at radius 1 is 1.20 bits per heavy atom. The fraction of sp³-hybridized carbons (Fsp3) is 0.250. The van der Waals surface area contributed by atoms with Crippen LogP contribution in [0.25, 0.3) is 0 Å². The Bertz CT molecular complexity index is 613. The molecule has 0 saturated heterocycles. The van der Waals surface area contributed by atoms with Crippen molar-refractivity contribution >= 4 is 11.4 Å². The maximum absolute atomic E-state index is 13.1. The zero-order chi connectivity index (χ0) is 14.7. The summed E-state index contributed by atoms with van der Waals surface area (Å²) < 4.78 is 13.1. The van der Waals surface area contributed by atoms with Crippen molar-refractivity contribution in [1.82, 2.24) is 0 Å². The van der Waals surface area contributed by atoms with Crippen LogP contribution < -0.4 is 11.1 Å². The van der Waals surface area contributed by atoms with E-state index in [4.69, 9.17) is 5.73 Å². The van der Waals surface area contributed by atoms with Crippen LogP contribution in [0.4, 0.5) is 15.8 Å². The second kappa shape index (κ2) is 5.92. The third-order valence-corrected chi connectivity index (χ3v) is 3.27. The number of halogens is 1. The number of nitrogens with two attached hydrogens (primary N) is 1. The lowest BCUT2D eigenvalue weighted by atomic mass is 10.1. The normalized spacial score (nSPS) is 12.2. The standard InChI is InChI=1S/C16H19FN2O/c1-10-3-6-15(11(2)7-10)19-9-16(20)12-4-5-13(17)14(18)8-12/h3-8,16,19-20H,9,18H2,1-2H3. The number of anilines is 2. The van der Waals surface area contributed by atoms with E-state index in [0.29, 0.717) is 12.1 Å². The Morgan fingerprint density at radius 3 is 2.60 bits per heavy atom. The van der Waals surface area contributed by atoms with E-state index in [2.05, 4.69) is 11.4 Å². The number of aliphatic hydroxyl groups excluding tert-OH is 1. The van der Waals surface area contributed by atoms with Crippen molar-refractivity contribution < 1.29 is 9.50 Å². The van der Waals surface area contributed by atoms with Crippen LogP contribution in [-0.2, 0) is 0 Å². The molecular formula is C16H19FN2O. The van der Waals surface area contributed by atoms with Crippen LogP contribution in [0.3, 0.4) is 0 Å². The number of rotatable bonds is 4. The van der Waals surface area contributed by atoms with Crippen molar-refractivity contribution in [1.29, 1.82) is 0 Å². The Balaban J connectivity index is 2.04. The molecular weight excluding hydrogens is 255 g/mol. The van der Waals surface area contributed by atoms with E-state index in [-0.39, 0.29) is 5.69 Å². The Morgan fingerprint density at radius 2 is 1.95 bits per heavy atom. The monoisotopic (exact) mass is 274 g/mol. The number of aliphatic hydroxyl groups is 1. The van der Waals surface area contributed by atoms with Crippen molar-refractivity contribution in [2.24, 2.45) is 0 Å². The second-order valence-corrected chi connectivity index (χ2v) is 5.00. The first kappa shape index (κ1) is 14.3. The van der Waals surface area contributed by atoms with Crippen LogP contribution in [0.15, 0.2) is 36.4 Å². The molecule has 0 heterocycles. The van der Waals surface area contributed by atoms with Crippen LogP contribution in [-0.4, -0.2) is 11.7 Å². The van der Waals surface area contributed by atoms with Crippen molar-refractivity contribution in [3.63, 3.8) is 0 Å². The summed E-state index contributed by atoms with van der Waals surface area (Å²) in [4.78, 5) is 0. The van der Waals surface area contributed by atoms with E-state index >= 15 is 0 Å². The molecule has 0 amide bonds. The molecule has 106 valence electrons. The summed E-state index contributed by atoms with van der Waals surface area (Å²) in [5.41, 5.74) is 9.44. The number of nitrogen functional groups attached to an aromatic ring is 1. The SMILES string of the molecule is Cc1ccc(NCC(O)c2ccc(F)c(N)c2)c(C)c1. The van der Waals surface area contributed by atoms with Crippen molar-refractivity contribution in [2.75, 3.05) is 17.6 Å². The number of benzene rings is 2. The Hall–Kier alpha value is -2.07. The molecule has 4 heteroatoms. The van der Waals surface area contributed by atoms with Gasteiger partial charge in [-0.05, 0) is 43.2 Å². The van der Waals surface area contributed by atoms with Crippen molar-refractivity contribution in [3.05, 3.63) is 58.9 Å². The summed E-state index contributed by atoms with van der Waals surface area (Å²) in [5.74, 6) is -0.469. The molecule has 0 fully saturated rings. The van der Waals surface area contributed by atoms with Gasteiger partial charge in [0.2, 0.25) is 0 Å². The molecule has 2 rings (SSSR count). The minimum Gasteiger partial charge on any atom is -0.396 e. The lowest BCUT2D eigenvalue weighted by Gasteiger charge is -2.15. The Kier molecular flexibility index (Phi) is 4.25. The maximum Gasteiger partial charge on any atom is 0.146 e. The van der Waals surface area contributed by atoms with Gasteiger partial charge in [-0.1, -0.05) is 23.8 Å². The molecule has 1 atom stereocenters. The van der Waals surface area contributed by atoms with E-state index in [1.165, 1.54) is 17.7 Å². The van der Waals surface area contributed by atoms with E-state index in [0.717, 1.165) is 11.3 Å². The van der Waals surface area contributed by atoms with E-state index < -0.39 is 11.9 Å². The number of hydrogen-bond donors (Lipinski definition) is 3. The molecule has 0 aliphatic rings. The minimum atomic E-state index is -0.737. The zero-order valence-corrected chi connectivity index (χ0v) is 11.7. The second-order valence-electron chi connectivity index (χ2n) is 5.00. The summed E-state index contributed by atoms with van der Waals surface area (Å²) in [6.07, 6.45) is -0.737. The van der Waals surface area contributed by atoms with Gasteiger partial charge in [0.15, 0.2) is 0 Å². The number of nitrogens with one attached hydrogen (secondary N) is 1. The summed E-state index contributed by atoms with van der Waals surface area (Å²) in [6, 6.07) is 10.3. The number of aryl methyl sites for hydroxylation is 2. The van der Waals surface area contributed by atoms with Crippen LogP contribution in [0.5, 0.6) is 0 Å². The van der Waals surface area contributed by atoms with Gasteiger partial charge in [-0.2, -0.15) is 0 Å². The molecule has 0 saturated carbocycles. The van der Waals surface area contributed by atoms with E-state index in [1.807, 2.05) is 26.0 Å². The van der Waals surface area contributed by atoms with Gasteiger partial charge < -0.3 is 16.2 Å². The predicted molar refractivity (Wildman–Crippen MR) is 80.2 cm³/mol. The first-order valence-electron chi connectivity index (χ1n) is 6.51. The summed E-state index contributed by atoms with van der Waals surface area (Å²) >= 11 is 0. The molecule has 0 radical (unpaired) electrons. The smallest absolute Gasteiger partial charge is 0.146 e. The first-order valence-corrected chi connectivity index (χ1v) is 6.51. The summed E-state index contributed by atoms with van der Waals surface area (Å²) in [5, 5.41) is 13.3. The van der Waals surface area contributed by atoms with Gasteiger partial charge in [-0.3, -0.25) is 0 Å². The fourth-order valence-corrected chi connectivity index (χ4v) is 2.11. The van der Waals surface area contributed by atoms with Gasteiger partial charge in [0.1, 0.15) is 5.82 Å². The van der Waals surface area contributed by atoms with Crippen LogP contribution in [0.2, 0.25) is 0 Å². The maximum atomic E-state index is 13.1. The third-order valence-electron chi connectivity index (χ3n) is 3.27. The molecule has 4 N–H and O–H groups in total. The molecule has 3 nitrogen and oxygen atoms in total. The molecule has 1 unspecified atom stereocenters. The molecule has 0 aliphatic carbocycles. The molecule has 0 spiro atoms. The summed E-state index contributed by atoms with van der Waals surface area (Å²) in [7, 11) is 0. The predicted octanol–water partition coefficient (Wildman–Crippen LogP) is 3.17. The highest BCUT2D eigenvalue weighted by molar-refractivity contribution is 5.52. The van der Waals surface area contributed by atoms with Gasteiger partial charge in [-0.25, -0.2) is 4.39 Å². The van der Waals surface area contributed by atoms with Gasteiger partial charge in [-0.15, -0.1) is 0 Å². The quantitative estimate of drug-likeness (QED) is 0.751. The molecule has 0 aromatic heterocycles. The van der Waals surface area contributed by atoms with Gasteiger partial charge in [0.05, 0.1) is 11.8 Å². The average Bonchev–Trinajstić information content (AvgIpc) is 2.40. The van der Waals surface area contributed by atoms with Gasteiger partial charge in [0.25, 0.3) is 0 Å². The van der Waals surface area contributed by atoms with E-state index in [9.17, 15) is 9.50 Å².